The first-order valence-electron chi connectivity index (χ1n) is 7.63. The van der Waals surface area contributed by atoms with Gasteiger partial charge in [-0.25, -0.2) is 0 Å². The van der Waals surface area contributed by atoms with Crippen LogP contribution in [0.4, 0.5) is 0 Å². The first kappa shape index (κ1) is 17.0. The van der Waals surface area contributed by atoms with E-state index in [1.54, 1.807) is 0 Å². The van der Waals surface area contributed by atoms with Gasteiger partial charge in [-0.15, -0.1) is 0 Å². The molecule has 0 saturated carbocycles. The summed E-state index contributed by atoms with van der Waals surface area (Å²) in [7, 11) is 0. The van der Waals surface area contributed by atoms with Crippen LogP contribution in [0.25, 0.3) is 0 Å². The number of carbonyl (C=O) groups excluding carboxylic acids is 1. The molecule has 1 heterocycles. The van der Waals surface area contributed by atoms with Crippen LogP contribution in [0.3, 0.4) is 0 Å². The van der Waals surface area contributed by atoms with Crippen molar-refractivity contribution in [3.63, 3.8) is 0 Å². The Morgan fingerprint density at radius 3 is 2.70 bits per heavy atom. The van der Waals surface area contributed by atoms with E-state index in [-0.39, 0.29) is 24.5 Å². The fraction of sp³-hybridized carbons (Fsp3) is 0.867. The van der Waals surface area contributed by atoms with Crippen molar-refractivity contribution in [3.8, 4) is 0 Å². The average molecular weight is 285 g/mol. The van der Waals surface area contributed by atoms with Gasteiger partial charge in [0.25, 0.3) is 0 Å². The Bertz CT molecular complexity index is 317. The molecule has 0 aromatic heterocycles. The Hall–Kier alpha value is -1.10. The van der Waals surface area contributed by atoms with E-state index in [1.807, 2.05) is 18.7 Å². The molecule has 0 spiro atoms. The summed E-state index contributed by atoms with van der Waals surface area (Å²) in [6, 6.07) is 0.110. The second-order valence-electron chi connectivity index (χ2n) is 5.69. The number of rotatable bonds is 8. The van der Waals surface area contributed by atoms with Crippen LogP contribution in [0.5, 0.6) is 0 Å². The van der Waals surface area contributed by atoms with Crippen molar-refractivity contribution in [2.24, 2.45) is 0 Å². The maximum Gasteiger partial charge on any atom is 0.303 e. The van der Waals surface area contributed by atoms with Gasteiger partial charge in [0.2, 0.25) is 5.91 Å². The van der Waals surface area contributed by atoms with E-state index >= 15 is 0 Å². The van der Waals surface area contributed by atoms with Crippen LogP contribution in [0.2, 0.25) is 0 Å². The van der Waals surface area contributed by atoms with Crippen molar-refractivity contribution in [1.82, 2.24) is 4.90 Å². The average Bonchev–Trinajstić information content (AvgIpc) is 2.41. The van der Waals surface area contributed by atoms with Crippen molar-refractivity contribution in [2.45, 2.75) is 70.9 Å². The zero-order valence-corrected chi connectivity index (χ0v) is 12.6. The summed E-state index contributed by atoms with van der Waals surface area (Å²) in [5.41, 5.74) is 0. The van der Waals surface area contributed by atoms with Crippen molar-refractivity contribution < 1.29 is 19.4 Å². The van der Waals surface area contributed by atoms with Gasteiger partial charge >= 0.3 is 5.97 Å². The van der Waals surface area contributed by atoms with Crippen LogP contribution in [0.15, 0.2) is 0 Å². The summed E-state index contributed by atoms with van der Waals surface area (Å²) in [6.07, 6.45) is 5.19. The van der Waals surface area contributed by atoms with Crippen LogP contribution in [0, 0.1) is 0 Å². The van der Waals surface area contributed by atoms with E-state index in [0.29, 0.717) is 19.4 Å². The van der Waals surface area contributed by atoms with Gasteiger partial charge in [-0.2, -0.15) is 0 Å². The predicted octanol–water partition coefficient (Wildman–Crippen LogP) is 2.44. The lowest BCUT2D eigenvalue weighted by atomic mass is 9.97. The molecule has 1 N–H and O–H groups in total. The molecule has 1 rings (SSSR count). The highest BCUT2D eigenvalue weighted by Crippen LogP contribution is 2.22. The summed E-state index contributed by atoms with van der Waals surface area (Å²) in [5, 5.41) is 8.77. The first-order chi connectivity index (χ1) is 9.50. The van der Waals surface area contributed by atoms with Crippen LogP contribution in [0.1, 0.15) is 58.8 Å². The van der Waals surface area contributed by atoms with Crippen LogP contribution >= 0.6 is 0 Å². The minimum absolute atomic E-state index is 0.110. The molecule has 0 aliphatic carbocycles. The second-order valence-corrected chi connectivity index (χ2v) is 5.69. The van der Waals surface area contributed by atoms with Crippen molar-refractivity contribution in [2.75, 3.05) is 13.2 Å². The molecule has 0 radical (unpaired) electrons. The fourth-order valence-corrected chi connectivity index (χ4v) is 2.61. The molecular weight excluding hydrogens is 258 g/mol. The smallest absolute Gasteiger partial charge is 0.303 e. The molecule has 5 heteroatoms. The molecule has 1 atom stereocenters. The summed E-state index contributed by atoms with van der Waals surface area (Å²) in [4.78, 5) is 24.8. The van der Waals surface area contributed by atoms with E-state index in [0.717, 1.165) is 32.2 Å². The SMILES string of the molecule is CC(C)OCCCC(=O)N1CCCCC1CCC(=O)O. The highest BCUT2D eigenvalue weighted by atomic mass is 16.5. The predicted molar refractivity (Wildman–Crippen MR) is 76.5 cm³/mol. The molecule has 1 amide bonds. The molecule has 0 aromatic rings. The van der Waals surface area contributed by atoms with Crippen LogP contribution in [-0.2, 0) is 14.3 Å². The summed E-state index contributed by atoms with van der Waals surface area (Å²) >= 11 is 0. The maximum absolute atomic E-state index is 12.2. The van der Waals surface area contributed by atoms with Crippen molar-refractivity contribution >= 4 is 11.9 Å². The number of nitrogens with zero attached hydrogens (tertiary/aromatic N) is 1. The topological polar surface area (TPSA) is 66.8 Å². The van der Waals surface area contributed by atoms with Gasteiger partial charge in [-0.1, -0.05) is 0 Å². The summed E-state index contributed by atoms with van der Waals surface area (Å²) in [5.74, 6) is -0.638. The molecule has 1 fully saturated rings. The van der Waals surface area contributed by atoms with Gasteiger partial charge < -0.3 is 14.7 Å². The molecule has 0 aromatic carbocycles. The normalized spacial score (nSPS) is 19.4. The van der Waals surface area contributed by atoms with Gasteiger partial charge in [0.1, 0.15) is 0 Å². The molecule has 1 saturated heterocycles. The number of hydrogen-bond donors (Lipinski definition) is 1. The highest BCUT2D eigenvalue weighted by molar-refractivity contribution is 5.76. The Morgan fingerprint density at radius 1 is 1.30 bits per heavy atom. The third kappa shape index (κ3) is 6.37. The second kappa shape index (κ2) is 8.95. The summed E-state index contributed by atoms with van der Waals surface area (Å²) < 4.78 is 5.44. The number of carboxylic acid groups (broad SMARTS) is 1. The lowest BCUT2D eigenvalue weighted by molar-refractivity contribution is -0.140. The van der Waals surface area contributed by atoms with Crippen LogP contribution < -0.4 is 0 Å². The molecule has 1 aliphatic heterocycles. The van der Waals surface area contributed by atoms with Gasteiger partial charge in [0.15, 0.2) is 0 Å². The van der Waals surface area contributed by atoms with Crippen molar-refractivity contribution in [3.05, 3.63) is 0 Å². The van der Waals surface area contributed by atoms with Crippen molar-refractivity contribution in [1.29, 1.82) is 0 Å². The molecular formula is C15H27NO4. The van der Waals surface area contributed by atoms with E-state index in [9.17, 15) is 9.59 Å². The fourth-order valence-electron chi connectivity index (χ4n) is 2.61. The minimum atomic E-state index is -0.784. The number of amides is 1. The highest BCUT2D eigenvalue weighted by Gasteiger charge is 2.26. The van der Waals surface area contributed by atoms with Gasteiger partial charge in [0, 0.05) is 32.0 Å². The molecule has 20 heavy (non-hydrogen) atoms. The Kier molecular flexibility index (Phi) is 7.59. The number of aliphatic carboxylic acids is 1. The molecule has 116 valence electrons. The van der Waals surface area contributed by atoms with E-state index in [1.165, 1.54) is 0 Å². The monoisotopic (exact) mass is 285 g/mol. The Labute approximate surface area is 121 Å². The number of hydrogen-bond acceptors (Lipinski definition) is 3. The van der Waals surface area contributed by atoms with Gasteiger partial charge in [-0.3, -0.25) is 9.59 Å². The van der Waals surface area contributed by atoms with Gasteiger partial charge in [-0.05, 0) is 46.0 Å². The maximum atomic E-state index is 12.2. The lowest BCUT2D eigenvalue weighted by Crippen LogP contribution is -2.44. The zero-order valence-electron chi connectivity index (χ0n) is 12.6. The van der Waals surface area contributed by atoms with E-state index < -0.39 is 5.97 Å². The number of ether oxygens (including phenoxy) is 1. The summed E-state index contributed by atoms with van der Waals surface area (Å²) in [6.45, 7) is 5.34. The third-order valence-corrected chi connectivity index (χ3v) is 3.63. The Balaban J connectivity index is 2.35. The van der Waals surface area contributed by atoms with Crippen LogP contribution in [-0.4, -0.2) is 47.2 Å². The number of piperidine rings is 1. The molecule has 5 nitrogen and oxygen atoms in total. The lowest BCUT2D eigenvalue weighted by Gasteiger charge is -2.35. The third-order valence-electron chi connectivity index (χ3n) is 3.63. The number of carbonyl (C=O) groups is 2. The first-order valence-corrected chi connectivity index (χ1v) is 7.63. The standard InChI is InChI=1S/C15H27NO4/c1-12(2)20-11-5-7-14(17)16-10-4-3-6-13(16)8-9-15(18)19/h12-13H,3-11H2,1-2H3,(H,18,19). The van der Waals surface area contributed by atoms with E-state index in [4.69, 9.17) is 9.84 Å². The zero-order chi connectivity index (χ0) is 15.0. The quantitative estimate of drug-likeness (QED) is 0.696. The molecule has 0 bridgehead atoms. The molecule has 1 unspecified atom stereocenters. The number of likely N-dealkylation sites (tertiary alicyclic amines) is 1. The van der Waals surface area contributed by atoms with Gasteiger partial charge in [0.05, 0.1) is 6.10 Å². The minimum Gasteiger partial charge on any atom is -0.481 e. The largest absolute Gasteiger partial charge is 0.481 e. The Morgan fingerprint density at radius 2 is 2.05 bits per heavy atom. The van der Waals surface area contributed by atoms with E-state index in [2.05, 4.69) is 0 Å². The molecule has 1 aliphatic rings. The number of carboxylic acids is 1.